The molecule has 0 saturated carbocycles. The summed E-state index contributed by atoms with van der Waals surface area (Å²) in [6.45, 7) is 5.20. The fourth-order valence-corrected chi connectivity index (χ4v) is 3.51. The summed E-state index contributed by atoms with van der Waals surface area (Å²) in [5, 5.41) is 4.66. The molecule has 1 amide bonds. The minimum atomic E-state index is 0.201. The van der Waals surface area contributed by atoms with Crippen LogP contribution in [0.15, 0.2) is 30.3 Å². The molecule has 1 aliphatic heterocycles. The smallest absolute Gasteiger partial charge is 0.219 e. The standard InChI is InChI=1S/C20H27N3O2/c1-15(24)23-11-8-16(9-12-23)7-10-21-14-18-13-17-5-3-4-6-19(17)22-20(18)25-2/h3-6,13,16,21H,7-12,14H2,1-2H3. The molecule has 0 unspecified atom stereocenters. The van der Waals surface area contributed by atoms with E-state index in [-0.39, 0.29) is 5.91 Å². The van der Waals surface area contributed by atoms with E-state index in [1.54, 1.807) is 14.0 Å². The number of hydrogen-bond acceptors (Lipinski definition) is 4. The minimum absolute atomic E-state index is 0.201. The summed E-state index contributed by atoms with van der Waals surface area (Å²) in [7, 11) is 1.67. The summed E-state index contributed by atoms with van der Waals surface area (Å²) in [6.07, 6.45) is 3.37. The highest BCUT2D eigenvalue weighted by molar-refractivity contribution is 5.80. The van der Waals surface area contributed by atoms with Gasteiger partial charge in [0.15, 0.2) is 0 Å². The van der Waals surface area contributed by atoms with Crippen LogP contribution in [0.2, 0.25) is 0 Å². The first kappa shape index (κ1) is 17.7. The first-order valence-electron chi connectivity index (χ1n) is 9.06. The van der Waals surface area contributed by atoms with Crippen molar-refractivity contribution in [2.75, 3.05) is 26.7 Å². The second kappa shape index (κ2) is 8.30. The molecule has 1 N–H and O–H groups in total. The number of piperidine rings is 1. The molecule has 1 saturated heterocycles. The van der Waals surface area contributed by atoms with E-state index in [1.165, 1.54) is 0 Å². The lowest BCUT2D eigenvalue weighted by Crippen LogP contribution is -2.37. The van der Waals surface area contributed by atoms with Crippen molar-refractivity contribution in [2.45, 2.75) is 32.7 Å². The lowest BCUT2D eigenvalue weighted by Gasteiger charge is -2.31. The molecular weight excluding hydrogens is 314 g/mol. The van der Waals surface area contributed by atoms with Crippen LogP contribution in [-0.2, 0) is 11.3 Å². The summed E-state index contributed by atoms with van der Waals surface area (Å²) in [6, 6.07) is 10.3. The van der Waals surface area contributed by atoms with Gasteiger partial charge in [0.05, 0.1) is 12.6 Å². The van der Waals surface area contributed by atoms with Crippen molar-refractivity contribution in [1.29, 1.82) is 0 Å². The Morgan fingerprint density at radius 2 is 2.08 bits per heavy atom. The van der Waals surface area contributed by atoms with Gasteiger partial charge in [0.1, 0.15) is 0 Å². The van der Waals surface area contributed by atoms with Crippen molar-refractivity contribution in [3.8, 4) is 5.88 Å². The molecule has 0 atom stereocenters. The molecular formula is C20H27N3O2. The van der Waals surface area contributed by atoms with Crippen LogP contribution < -0.4 is 10.1 Å². The third kappa shape index (κ3) is 4.48. The number of carbonyl (C=O) groups excluding carboxylic acids is 1. The van der Waals surface area contributed by atoms with Crippen molar-refractivity contribution in [2.24, 2.45) is 5.92 Å². The molecule has 0 aliphatic carbocycles. The van der Waals surface area contributed by atoms with Gasteiger partial charge in [0, 0.05) is 37.5 Å². The van der Waals surface area contributed by atoms with Gasteiger partial charge in [-0.3, -0.25) is 4.79 Å². The fraction of sp³-hybridized carbons (Fsp3) is 0.500. The monoisotopic (exact) mass is 341 g/mol. The lowest BCUT2D eigenvalue weighted by molar-refractivity contribution is -0.130. The molecule has 1 aliphatic rings. The average molecular weight is 341 g/mol. The van der Waals surface area contributed by atoms with Gasteiger partial charge in [0.2, 0.25) is 11.8 Å². The molecule has 5 heteroatoms. The number of para-hydroxylation sites is 1. The van der Waals surface area contributed by atoms with Gasteiger partial charge in [-0.2, -0.15) is 0 Å². The number of likely N-dealkylation sites (tertiary alicyclic amines) is 1. The molecule has 1 aromatic carbocycles. The predicted octanol–water partition coefficient (Wildman–Crippen LogP) is 2.98. The first-order valence-corrected chi connectivity index (χ1v) is 9.06. The van der Waals surface area contributed by atoms with Crippen molar-refractivity contribution in [3.05, 3.63) is 35.9 Å². The van der Waals surface area contributed by atoms with Gasteiger partial charge in [-0.15, -0.1) is 0 Å². The number of fused-ring (bicyclic) bond motifs is 1. The van der Waals surface area contributed by atoms with Crippen molar-refractivity contribution in [1.82, 2.24) is 15.2 Å². The molecule has 1 fully saturated rings. The molecule has 0 bridgehead atoms. The molecule has 134 valence electrons. The maximum atomic E-state index is 11.4. The van der Waals surface area contributed by atoms with Gasteiger partial charge in [-0.05, 0) is 43.9 Å². The van der Waals surface area contributed by atoms with Gasteiger partial charge >= 0.3 is 0 Å². The highest BCUT2D eigenvalue weighted by Gasteiger charge is 2.20. The molecule has 2 aromatic rings. The number of ether oxygens (including phenoxy) is 1. The molecule has 5 nitrogen and oxygen atoms in total. The Kier molecular flexibility index (Phi) is 5.87. The number of methoxy groups -OCH3 is 1. The topological polar surface area (TPSA) is 54.5 Å². The van der Waals surface area contributed by atoms with Crippen LogP contribution in [0.1, 0.15) is 31.7 Å². The van der Waals surface area contributed by atoms with Crippen LogP contribution in [0.3, 0.4) is 0 Å². The Labute approximate surface area is 149 Å². The SMILES string of the molecule is COc1nc2ccccc2cc1CNCCC1CCN(C(C)=O)CC1. The fourth-order valence-electron chi connectivity index (χ4n) is 3.51. The maximum absolute atomic E-state index is 11.4. The van der Waals surface area contributed by atoms with Gasteiger partial charge in [0.25, 0.3) is 0 Å². The average Bonchev–Trinajstić information content (AvgIpc) is 2.64. The Morgan fingerprint density at radius 3 is 2.80 bits per heavy atom. The second-order valence-electron chi connectivity index (χ2n) is 6.76. The predicted molar refractivity (Wildman–Crippen MR) is 99.6 cm³/mol. The summed E-state index contributed by atoms with van der Waals surface area (Å²) >= 11 is 0. The largest absolute Gasteiger partial charge is 0.481 e. The van der Waals surface area contributed by atoms with E-state index in [9.17, 15) is 4.79 Å². The van der Waals surface area contributed by atoms with Crippen LogP contribution in [0.5, 0.6) is 5.88 Å². The molecule has 2 heterocycles. The number of benzene rings is 1. The Morgan fingerprint density at radius 1 is 1.32 bits per heavy atom. The zero-order chi connectivity index (χ0) is 17.6. The van der Waals surface area contributed by atoms with Gasteiger partial charge in [-0.1, -0.05) is 18.2 Å². The highest BCUT2D eigenvalue weighted by atomic mass is 16.5. The van der Waals surface area contributed by atoms with Crippen LogP contribution in [0.25, 0.3) is 10.9 Å². The molecule has 1 aromatic heterocycles. The second-order valence-corrected chi connectivity index (χ2v) is 6.76. The van der Waals surface area contributed by atoms with E-state index in [2.05, 4.69) is 22.4 Å². The summed E-state index contributed by atoms with van der Waals surface area (Å²) in [4.78, 5) is 17.9. The summed E-state index contributed by atoms with van der Waals surface area (Å²) < 4.78 is 5.45. The zero-order valence-corrected chi connectivity index (χ0v) is 15.1. The number of carbonyl (C=O) groups is 1. The third-order valence-corrected chi connectivity index (χ3v) is 5.06. The van der Waals surface area contributed by atoms with Crippen LogP contribution >= 0.6 is 0 Å². The van der Waals surface area contributed by atoms with Crippen molar-refractivity contribution >= 4 is 16.8 Å². The molecule has 0 radical (unpaired) electrons. The first-order chi connectivity index (χ1) is 12.2. The summed E-state index contributed by atoms with van der Waals surface area (Å²) in [5.74, 6) is 1.60. The number of amides is 1. The number of hydrogen-bond donors (Lipinski definition) is 1. The lowest BCUT2D eigenvalue weighted by atomic mass is 9.93. The molecule has 0 spiro atoms. The quantitative estimate of drug-likeness (QED) is 0.821. The van der Waals surface area contributed by atoms with Crippen molar-refractivity contribution < 1.29 is 9.53 Å². The van der Waals surface area contributed by atoms with Crippen LogP contribution in [-0.4, -0.2) is 42.5 Å². The van der Waals surface area contributed by atoms with E-state index >= 15 is 0 Å². The van der Waals surface area contributed by atoms with E-state index in [0.717, 1.165) is 61.9 Å². The zero-order valence-electron chi connectivity index (χ0n) is 15.1. The third-order valence-electron chi connectivity index (χ3n) is 5.06. The number of nitrogens with zero attached hydrogens (tertiary/aromatic N) is 2. The number of pyridine rings is 1. The highest BCUT2D eigenvalue weighted by Crippen LogP contribution is 2.23. The molecule has 25 heavy (non-hydrogen) atoms. The van der Waals surface area contributed by atoms with E-state index in [4.69, 9.17) is 4.74 Å². The minimum Gasteiger partial charge on any atom is -0.481 e. The van der Waals surface area contributed by atoms with Crippen LogP contribution in [0, 0.1) is 5.92 Å². The maximum Gasteiger partial charge on any atom is 0.219 e. The van der Waals surface area contributed by atoms with E-state index in [1.807, 2.05) is 23.1 Å². The van der Waals surface area contributed by atoms with Crippen molar-refractivity contribution in [3.63, 3.8) is 0 Å². The number of aromatic nitrogens is 1. The molecule has 3 rings (SSSR count). The Bertz CT molecular complexity index is 724. The number of nitrogens with one attached hydrogen (secondary N) is 1. The number of rotatable bonds is 6. The van der Waals surface area contributed by atoms with Crippen LogP contribution in [0.4, 0.5) is 0 Å². The summed E-state index contributed by atoms with van der Waals surface area (Å²) in [5.41, 5.74) is 2.05. The normalized spacial score (nSPS) is 15.5. The Balaban J connectivity index is 1.49. The van der Waals surface area contributed by atoms with Gasteiger partial charge in [-0.25, -0.2) is 4.98 Å². The Hall–Kier alpha value is -2.14. The van der Waals surface area contributed by atoms with E-state index in [0.29, 0.717) is 11.8 Å². The van der Waals surface area contributed by atoms with E-state index < -0.39 is 0 Å². The van der Waals surface area contributed by atoms with Gasteiger partial charge < -0.3 is 15.0 Å².